The highest BCUT2D eigenvalue weighted by atomic mass is 19.4. The number of imide groups is 1. The van der Waals surface area contributed by atoms with E-state index < -0.39 is 23.8 Å². The lowest BCUT2D eigenvalue weighted by atomic mass is 9.91. The fourth-order valence-corrected chi connectivity index (χ4v) is 4.53. The Morgan fingerprint density at radius 3 is 2.32 bits per heavy atom. The van der Waals surface area contributed by atoms with Crippen LogP contribution in [0.1, 0.15) is 30.0 Å². The number of anilines is 1. The molecule has 0 unspecified atom stereocenters. The van der Waals surface area contributed by atoms with E-state index in [2.05, 4.69) is 16.7 Å². The van der Waals surface area contributed by atoms with Crippen LogP contribution < -0.4 is 15.5 Å². The van der Waals surface area contributed by atoms with Crippen LogP contribution in [0.2, 0.25) is 0 Å². The average Bonchev–Trinajstić information content (AvgIpc) is 2.97. The van der Waals surface area contributed by atoms with Crippen molar-refractivity contribution < 1.29 is 27.6 Å². The maximum Gasteiger partial charge on any atom is 0.416 e. The van der Waals surface area contributed by atoms with Crippen LogP contribution in [0.15, 0.2) is 78.5 Å². The summed E-state index contributed by atoms with van der Waals surface area (Å²) in [5.41, 5.74) is 2.52. The smallest absolute Gasteiger partial charge is 0.359 e. The normalized spacial score (nSPS) is 13.6. The van der Waals surface area contributed by atoms with Crippen LogP contribution in [0.5, 0.6) is 0 Å². The van der Waals surface area contributed by atoms with Crippen molar-refractivity contribution in [2.24, 2.45) is 0 Å². The summed E-state index contributed by atoms with van der Waals surface area (Å²) in [5.74, 6) is -0.311. The van der Waals surface area contributed by atoms with Gasteiger partial charge in [-0.25, -0.2) is 14.5 Å². The molecular weight excluding hydrogens is 535 g/mol. The predicted octanol–water partition coefficient (Wildman–Crippen LogP) is 5.76. The summed E-state index contributed by atoms with van der Waals surface area (Å²) in [7, 11) is 1.45. The Labute approximate surface area is 234 Å². The molecule has 4 rings (SSSR count). The second-order valence-corrected chi connectivity index (χ2v) is 9.21. The molecule has 0 aliphatic carbocycles. The molecule has 1 aliphatic rings. The second-order valence-electron chi connectivity index (χ2n) is 9.21. The molecular formula is C30H26F3N5O3. The van der Waals surface area contributed by atoms with Gasteiger partial charge in [0.05, 0.1) is 29.4 Å². The first-order valence-corrected chi connectivity index (χ1v) is 12.6. The molecule has 3 aromatic carbocycles. The van der Waals surface area contributed by atoms with Crippen molar-refractivity contribution in [2.45, 2.75) is 19.5 Å². The number of carbonyl (C=O) groups excluding carboxylic acids is 3. The summed E-state index contributed by atoms with van der Waals surface area (Å²) in [6.45, 7) is 1.40. The predicted molar refractivity (Wildman–Crippen MR) is 147 cm³/mol. The van der Waals surface area contributed by atoms with E-state index in [1.54, 1.807) is 43.3 Å². The lowest BCUT2D eigenvalue weighted by Gasteiger charge is -2.37. The molecule has 1 heterocycles. The monoisotopic (exact) mass is 561 g/mol. The quantitative estimate of drug-likeness (QED) is 0.399. The Kier molecular flexibility index (Phi) is 8.42. The summed E-state index contributed by atoms with van der Waals surface area (Å²) in [6.07, 6.45) is -4.67. The number of amides is 5. The lowest BCUT2D eigenvalue weighted by Crippen LogP contribution is -2.53. The van der Waals surface area contributed by atoms with Gasteiger partial charge in [0.2, 0.25) is 5.91 Å². The molecule has 0 saturated heterocycles. The Morgan fingerprint density at radius 2 is 1.68 bits per heavy atom. The van der Waals surface area contributed by atoms with Gasteiger partial charge in [0.15, 0.2) is 0 Å². The van der Waals surface area contributed by atoms with E-state index in [1.807, 2.05) is 12.1 Å². The van der Waals surface area contributed by atoms with Crippen molar-refractivity contribution >= 4 is 29.2 Å². The van der Waals surface area contributed by atoms with Crippen molar-refractivity contribution in [1.82, 2.24) is 15.5 Å². The van der Waals surface area contributed by atoms with Gasteiger partial charge < -0.3 is 10.6 Å². The number of alkyl halides is 3. The van der Waals surface area contributed by atoms with Gasteiger partial charge in [0.1, 0.15) is 0 Å². The number of halogens is 3. The molecule has 210 valence electrons. The van der Waals surface area contributed by atoms with Crippen LogP contribution in [0.3, 0.4) is 0 Å². The number of hydrogen-bond donors (Lipinski definition) is 2. The van der Waals surface area contributed by atoms with Crippen LogP contribution in [0.4, 0.5) is 28.4 Å². The van der Waals surface area contributed by atoms with E-state index in [9.17, 15) is 32.8 Å². The lowest BCUT2D eigenvalue weighted by molar-refractivity contribution is -0.137. The highest BCUT2D eigenvalue weighted by Gasteiger charge is 2.38. The van der Waals surface area contributed by atoms with Gasteiger partial charge >= 0.3 is 18.2 Å². The van der Waals surface area contributed by atoms with Crippen molar-refractivity contribution in [2.75, 3.05) is 25.0 Å². The van der Waals surface area contributed by atoms with Gasteiger partial charge in [-0.3, -0.25) is 9.69 Å². The van der Waals surface area contributed by atoms with E-state index in [-0.39, 0.29) is 31.1 Å². The molecule has 0 atom stereocenters. The number of hydrogen-bond acceptors (Lipinski definition) is 4. The zero-order valence-electron chi connectivity index (χ0n) is 22.2. The molecule has 3 aromatic rings. The molecule has 41 heavy (non-hydrogen) atoms. The largest absolute Gasteiger partial charge is 0.416 e. The van der Waals surface area contributed by atoms with Gasteiger partial charge in [0.25, 0.3) is 0 Å². The first-order valence-electron chi connectivity index (χ1n) is 12.6. The summed E-state index contributed by atoms with van der Waals surface area (Å²) in [4.78, 5) is 40.5. The number of urea groups is 2. The van der Waals surface area contributed by atoms with E-state index in [0.29, 0.717) is 22.4 Å². The molecule has 5 amide bonds. The molecule has 0 bridgehead atoms. The summed E-state index contributed by atoms with van der Waals surface area (Å²) in [6, 6.07) is 18.9. The summed E-state index contributed by atoms with van der Waals surface area (Å²) >= 11 is 0. The average molecular weight is 562 g/mol. The number of allylic oxidation sites excluding steroid dienone is 1. The number of nitriles is 1. The number of benzene rings is 3. The highest BCUT2D eigenvalue weighted by molar-refractivity contribution is 6.09. The van der Waals surface area contributed by atoms with Crippen LogP contribution in [-0.2, 0) is 11.0 Å². The second kappa shape index (κ2) is 12.0. The van der Waals surface area contributed by atoms with Gasteiger partial charge in [-0.2, -0.15) is 18.4 Å². The summed E-state index contributed by atoms with van der Waals surface area (Å²) in [5, 5.41) is 14.2. The van der Waals surface area contributed by atoms with E-state index >= 15 is 0 Å². The molecule has 0 saturated carbocycles. The Morgan fingerprint density at radius 1 is 1.00 bits per heavy atom. The first kappa shape index (κ1) is 28.9. The highest BCUT2D eigenvalue weighted by Crippen LogP contribution is 2.38. The van der Waals surface area contributed by atoms with E-state index in [4.69, 9.17) is 0 Å². The topological polar surface area (TPSA) is 106 Å². The Balaban J connectivity index is 1.83. The van der Waals surface area contributed by atoms with Gasteiger partial charge in [0, 0.05) is 25.7 Å². The fourth-order valence-electron chi connectivity index (χ4n) is 4.53. The zero-order chi connectivity index (χ0) is 29.7. The molecule has 0 radical (unpaired) electrons. The number of carbonyl (C=O) groups is 3. The molecule has 2 N–H and O–H groups in total. The van der Waals surface area contributed by atoms with Crippen LogP contribution in [0, 0.1) is 11.3 Å². The SMILES string of the molecule is CNC(=O)CCNC(=O)N1CC(c2ccccc2-c2ccc(C#N)cc2)=C(C)N(c2cccc(C(F)(F)F)c2)C1=O. The first-order chi connectivity index (χ1) is 19.5. The van der Waals surface area contributed by atoms with E-state index in [1.165, 1.54) is 19.2 Å². The van der Waals surface area contributed by atoms with Crippen LogP contribution >= 0.6 is 0 Å². The maximum atomic E-state index is 13.7. The minimum atomic E-state index is -4.64. The Hall–Kier alpha value is -5.11. The van der Waals surface area contributed by atoms with Gasteiger partial charge in [-0.05, 0) is 59.5 Å². The number of nitrogens with zero attached hydrogens (tertiary/aromatic N) is 3. The third-order valence-electron chi connectivity index (χ3n) is 6.67. The number of nitrogens with one attached hydrogen (secondary N) is 2. The third kappa shape index (κ3) is 6.22. The van der Waals surface area contributed by atoms with Crippen molar-refractivity contribution in [1.29, 1.82) is 5.26 Å². The van der Waals surface area contributed by atoms with Gasteiger partial charge in [-0.1, -0.05) is 42.5 Å². The molecule has 0 fully saturated rings. The summed E-state index contributed by atoms with van der Waals surface area (Å²) < 4.78 is 40.7. The molecule has 0 aromatic heterocycles. The molecule has 1 aliphatic heterocycles. The van der Waals surface area contributed by atoms with Crippen LogP contribution in [0.25, 0.3) is 16.7 Å². The molecule has 11 heteroatoms. The van der Waals surface area contributed by atoms with Crippen molar-refractivity contribution in [3.8, 4) is 17.2 Å². The standard InChI is InChI=1S/C30H26F3N5O3/c1-19-26(25-9-4-3-8-24(25)21-12-10-20(17-34)11-13-21)18-37(28(40)36-15-14-27(39)35-2)29(41)38(19)23-7-5-6-22(16-23)30(31,32)33/h3-13,16H,14-15,18H2,1-2H3,(H,35,39)(H,36,40). The maximum absolute atomic E-state index is 13.7. The molecule has 8 nitrogen and oxygen atoms in total. The minimum absolute atomic E-state index is 0.0230. The Bertz CT molecular complexity index is 1560. The van der Waals surface area contributed by atoms with Crippen LogP contribution in [-0.4, -0.2) is 43.0 Å². The fraction of sp³-hybridized carbons (Fsp3) is 0.200. The minimum Gasteiger partial charge on any atom is -0.359 e. The van der Waals surface area contributed by atoms with Crippen molar-refractivity contribution in [3.63, 3.8) is 0 Å². The van der Waals surface area contributed by atoms with E-state index in [0.717, 1.165) is 33.1 Å². The van der Waals surface area contributed by atoms with Gasteiger partial charge in [-0.15, -0.1) is 0 Å². The zero-order valence-corrected chi connectivity index (χ0v) is 22.2. The number of rotatable bonds is 6. The van der Waals surface area contributed by atoms with Crippen molar-refractivity contribution in [3.05, 3.63) is 95.2 Å². The third-order valence-corrected chi connectivity index (χ3v) is 6.67. The molecule has 0 spiro atoms.